The van der Waals surface area contributed by atoms with Crippen molar-refractivity contribution in [3.05, 3.63) is 0 Å². The fourth-order valence-corrected chi connectivity index (χ4v) is 2.14. The Kier molecular flexibility index (Phi) is 1.98. The molecule has 72 valence electrons. The Bertz CT molecular complexity index is 252. The summed E-state index contributed by atoms with van der Waals surface area (Å²) in [7, 11) is 1.57. The van der Waals surface area contributed by atoms with Gasteiger partial charge >= 0.3 is 6.03 Å². The highest BCUT2D eigenvalue weighted by Gasteiger charge is 2.35. The second kappa shape index (κ2) is 3.01. The van der Waals surface area contributed by atoms with Crippen LogP contribution >= 0.6 is 0 Å². The minimum absolute atomic E-state index is 0.0422. The van der Waals surface area contributed by atoms with Crippen molar-refractivity contribution >= 4 is 11.9 Å². The number of rotatable bonds is 0. The molecule has 0 aromatic rings. The average molecular weight is 182 g/mol. The van der Waals surface area contributed by atoms with Crippen LogP contribution in [0.2, 0.25) is 0 Å². The van der Waals surface area contributed by atoms with Crippen molar-refractivity contribution in [1.29, 1.82) is 0 Å². The number of nitrogens with zero attached hydrogens (tertiary/aromatic N) is 2. The van der Waals surface area contributed by atoms with E-state index in [2.05, 4.69) is 0 Å². The number of hydrogen-bond donors (Lipinski definition) is 0. The molecule has 0 aliphatic carbocycles. The number of carbonyl (C=O) groups is 2. The summed E-state index contributed by atoms with van der Waals surface area (Å²) in [5.74, 6) is -0.0422. The molecule has 4 heteroatoms. The van der Waals surface area contributed by atoms with Gasteiger partial charge in [-0.15, -0.1) is 0 Å². The Hall–Kier alpha value is -1.06. The van der Waals surface area contributed by atoms with Gasteiger partial charge in [-0.1, -0.05) is 0 Å². The lowest BCUT2D eigenvalue weighted by Gasteiger charge is -2.23. The van der Waals surface area contributed by atoms with Gasteiger partial charge < -0.3 is 4.90 Å². The molecule has 2 saturated heterocycles. The van der Waals surface area contributed by atoms with E-state index in [1.807, 2.05) is 4.90 Å². The Balaban J connectivity index is 2.21. The Morgan fingerprint density at radius 2 is 2.08 bits per heavy atom. The van der Waals surface area contributed by atoms with E-state index in [1.54, 1.807) is 7.05 Å². The van der Waals surface area contributed by atoms with Gasteiger partial charge in [0.1, 0.15) is 0 Å². The predicted molar refractivity (Wildman–Crippen MR) is 47.1 cm³/mol. The second-order valence-corrected chi connectivity index (χ2v) is 3.76. The van der Waals surface area contributed by atoms with Gasteiger partial charge in [-0.3, -0.25) is 9.69 Å². The highest BCUT2D eigenvalue weighted by atomic mass is 16.2. The van der Waals surface area contributed by atoms with Crippen LogP contribution in [0.3, 0.4) is 0 Å². The average Bonchev–Trinajstić information content (AvgIpc) is 2.56. The molecule has 0 radical (unpaired) electrons. The van der Waals surface area contributed by atoms with Crippen LogP contribution in [0.4, 0.5) is 4.79 Å². The molecule has 0 aromatic heterocycles. The van der Waals surface area contributed by atoms with Crippen molar-refractivity contribution in [2.24, 2.45) is 0 Å². The lowest BCUT2D eigenvalue weighted by atomic mass is 10.1. The molecule has 2 fully saturated rings. The zero-order chi connectivity index (χ0) is 9.42. The first-order valence-electron chi connectivity index (χ1n) is 4.77. The van der Waals surface area contributed by atoms with Gasteiger partial charge in [0.25, 0.3) is 0 Å². The fourth-order valence-electron chi connectivity index (χ4n) is 2.14. The SMILES string of the molecule is CN1C(=O)CCC2CCCN2C1=O. The van der Waals surface area contributed by atoms with E-state index >= 15 is 0 Å². The molecule has 0 saturated carbocycles. The first-order chi connectivity index (χ1) is 6.20. The van der Waals surface area contributed by atoms with Crippen molar-refractivity contribution in [1.82, 2.24) is 9.80 Å². The standard InChI is InChI=1S/C9H14N2O2/c1-10-8(12)5-4-7-3-2-6-11(7)9(10)13/h7H,2-6H2,1H3. The van der Waals surface area contributed by atoms with E-state index in [4.69, 9.17) is 0 Å². The van der Waals surface area contributed by atoms with Gasteiger partial charge in [0.05, 0.1) is 0 Å². The summed E-state index contributed by atoms with van der Waals surface area (Å²) in [5.41, 5.74) is 0. The van der Waals surface area contributed by atoms with E-state index < -0.39 is 0 Å². The molecular weight excluding hydrogens is 168 g/mol. The first kappa shape index (κ1) is 8.53. The topological polar surface area (TPSA) is 40.6 Å². The third-order valence-electron chi connectivity index (χ3n) is 2.98. The lowest BCUT2D eigenvalue weighted by molar-refractivity contribution is -0.127. The van der Waals surface area contributed by atoms with E-state index in [-0.39, 0.29) is 11.9 Å². The summed E-state index contributed by atoms with van der Waals surface area (Å²) in [4.78, 5) is 26.1. The van der Waals surface area contributed by atoms with Crippen LogP contribution in [0.25, 0.3) is 0 Å². The minimum atomic E-state index is -0.106. The molecule has 0 spiro atoms. The van der Waals surface area contributed by atoms with Crippen LogP contribution in [-0.2, 0) is 4.79 Å². The third-order valence-corrected chi connectivity index (χ3v) is 2.98. The van der Waals surface area contributed by atoms with Crippen LogP contribution in [0, 0.1) is 0 Å². The van der Waals surface area contributed by atoms with Crippen LogP contribution < -0.4 is 0 Å². The van der Waals surface area contributed by atoms with Gasteiger partial charge in [0, 0.05) is 26.1 Å². The van der Waals surface area contributed by atoms with Crippen molar-refractivity contribution in [2.45, 2.75) is 31.7 Å². The second-order valence-electron chi connectivity index (χ2n) is 3.76. The maximum atomic E-state index is 11.7. The minimum Gasteiger partial charge on any atom is -0.321 e. The number of carbonyl (C=O) groups excluding carboxylic acids is 2. The van der Waals surface area contributed by atoms with Gasteiger partial charge in [-0.25, -0.2) is 4.79 Å². The molecule has 0 bridgehead atoms. The number of urea groups is 1. The molecule has 1 unspecified atom stereocenters. The zero-order valence-corrected chi connectivity index (χ0v) is 7.82. The maximum absolute atomic E-state index is 11.7. The van der Waals surface area contributed by atoms with Crippen LogP contribution in [0.15, 0.2) is 0 Å². The van der Waals surface area contributed by atoms with Gasteiger partial charge in [0.15, 0.2) is 0 Å². The van der Waals surface area contributed by atoms with Crippen LogP contribution in [0.1, 0.15) is 25.7 Å². The van der Waals surface area contributed by atoms with Crippen molar-refractivity contribution in [2.75, 3.05) is 13.6 Å². The molecule has 4 nitrogen and oxygen atoms in total. The number of hydrogen-bond acceptors (Lipinski definition) is 2. The molecule has 0 N–H and O–H groups in total. The molecule has 2 heterocycles. The molecule has 2 rings (SSSR count). The van der Waals surface area contributed by atoms with E-state index in [1.165, 1.54) is 4.90 Å². The third kappa shape index (κ3) is 1.30. The molecule has 3 amide bonds. The fraction of sp³-hybridized carbons (Fsp3) is 0.778. The summed E-state index contributed by atoms with van der Waals surface area (Å²) in [6.45, 7) is 0.821. The molecule has 2 aliphatic rings. The summed E-state index contributed by atoms with van der Waals surface area (Å²) in [6, 6.07) is 0.214. The number of fused-ring (bicyclic) bond motifs is 1. The molecule has 1 atom stereocenters. The first-order valence-corrected chi connectivity index (χ1v) is 4.77. The molecule has 13 heavy (non-hydrogen) atoms. The zero-order valence-electron chi connectivity index (χ0n) is 7.82. The highest BCUT2D eigenvalue weighted by molar-refractivity contribution is 5.95. The maximum Gasteiger partial charge on any atom is 0.326 e. The Labute approximate surface area is 77.5 Å². The Morgan fingerprint density at radius 3 is 2.85 bits per heavy atom. The summed E-state index contributed by atoms with van der Waals surface area (Å²) in [6.07, 6.45) is 3.50. The summed E-state index contributed by atoms with van der Waals surface area (Å²) < 4.78 is 0. The van der Waals surface area contributed by atoms with Gasteiger partial charge in [0.2, 0.25) is 5.91 Å². The number of amides is 3. The summed E-state index contributed by atoms with van der Waals surface area (Å²) in [5, 5.41) is 0. The van der Waals surface area contributed by atoms with Crippen molar-refractivity contribution < 1.29 is 9.59 Å². The molecule has 2 aliphatic heterocycles. The summed E-state index contributed by atoms with van der Waals surface area (Å²) >= 11 is 0. The van der Waals surface area contributed by atoms with Crippen LogP contribution in [-0.4, -0.2) is 41.4 Å². The van der Waals surface area contributed by atoms with Gasteiger partial charge in [-0.05, 0) is 19.3 Å². The van der Waals surface area contributed by atoms with Crippen molar-refractivity contribution in [3.63, 3.8) is 0 Å². The molecular formula is C9H14N2O2. The predicted octanol–water partition coefficient (Wildman–Crippen LogP) is 0.823. The normalized spacial score (nSPS) is 29.2. The van der Waals surface area contributed by atoms with Crippen molar-refractivity contribution in [3.8, 4) is 0 Å². The van der Waals surface area contributed by atoms with E-state index in [0.29, 0.717) is 12.5 Å². The van der Waals surface area contributed by atoms with Crippen LogP contribution in [0.5, 0.6) is 0 Å². The quantitative estimate of drug-likeness (QED) is 0.556. The van der Waals surface area contributed by atoms with Gasteiger partial charge in [-0.2, -0.15) is 0 Å². The highest BCUT2D eigenvalue weighted by Crippen LogP contribution is 2.25. The smallest absolute Gasteiger partial charge is 0.321 e. The lowest BCUT2D eigenvalue weighted by Crippen LogP contribution is -2.42. The monoisotopic (exact) mass is 182 g/mol. The van der Waals surface area contributed by atoms with E-state index in [9.17, 15) is 9.59 Å². The number of imide groups is 1. The van der Waals surface area contributed by atoms with E-state index in [0.717, 1.165) is 25.8 Å². The molecule has 0 aromatic carbocycles. The Morgan fingerprint density at radius 1 is 1.31 bits per heavy atom. The largest absolute Gasteiger partial charge is 0.326 e.